The number of fused-ring (bicyclic) bond motifs is 12. The van der Waals surface area contributed by atoms with Gasteiger partial charge in [-0.1, -0.05) is 146 Å². The van der Waals surface area contributed by atoms with E-state index >= 15 is 0 Å². The van der Waals surface area contributed by atoms with Crippen LogP contribution < -0.4 is 25.6 Å². The first kappa shape index (κ1) is 40.2. The van der Waals surface area contributed by atoms with Gasteiger partial charge in [-0.2, -0.15) is 23.4 Å². The molecule has 0 spiro atoms. The molecule has 66 heavy (non-hydrogen) atoms. The van der Waals surface area contributed by atoms with Gasteiger partial charge in [0.2, 0.25) is 0 Å². The number of nitrogens with zero attached hydrogens (tertiary/aromatic N) is 5. The summed E-state index contributed by atoms with van der Waals surface area (Å²) in [4.78, 5) is 12.4. The number of aromatic nitrogens is 4. The van der Waals surface area contributed by atoms with E-state index in [9.17, 15) is 0 Å². The van der Waals surface area contributed by atoms with Crippen LogP contribution in [0.2, 0.25) is 0 Å². The molecule has 0 bridgehead atoms. The molecule has 13 rings (SSSR count). The second-order valence-corrected chi connectivity index (χ2v) is 21.3. The third-order valence-electron chi connectivity index (χ3n) is 13.9. The molecule has 1 aliphatic heterocycles. The monoisotopic (exact) mass is 1040 g/mol. The van der Waals surface area contributed by atoms with E-state index in [-0.39, 0.29) is 26.5 Å². The van der Waals surface area contributed by atoms with E-state index in [2.05, 4.69) is 234 Å². The van der Waals surface area contributed by atoms with Gasteiger partial charge in [-0.3, -0.25) is 4.98 Å². The van der Waals surface area contributed by atoms with E-state index in [0.717, 1.165) is 60.2 Å². The molecule has 0 saturated carbocycles. The van der Waals surface area contributed by atoms with Crippen molar-refractivity contribution in [3.8, 4) is 5.82 Å². The van der Waals surface area contributed by atoms with E-state index in [1.165, 1.54) is 43.6 Å². The van der Waals surface area contributed by atoms with Crippen LogP contribution in [0.1, 0.15) is 25.0 Å². The minimum Gasteiger partial charge on any atom is -0.340 e. The molecule has 0 fully saturated rings. The van der Waals surface area contributed by atoms with Crippen LogP contribution in [0.25, 0.3) is 54.9 Å². The normalized spacial score (nSPS) is 13.3. The fourth-order valence-electron chi connectivity index (χ4n) is 11.1. The SMILES string of the molecule is CC1(C)c2ccccc2N(c2ccccc2)c2ccc3c(c21)c1ccc([Si](c2[c-]c4c(cc2)c2ccccc2n2ccnc42)(c2ccccc2)c2ccccc2)[c-]c1n3-c1ccccn1.[Pt+2]. The van der Waals surface area contributed by atoms with Crippen molar-refractivity contribution in [3.63, 3.8) is 0 Å². The van der Waals surface area contributed by atoms with E-state index in [0.29, 0.717) is 0 Å². The summed E-state index contributed by atoms with van der Waals surface area (Å²) >= 11 is 0. The van der Waals surface area contributed by atoms with Crippen LogP contribution >= 0.6 is 0 Å². The molecule has 0 saturated heterocycles. The van der Waals surface area contributed by atoms with Crippen LogP contribution in [-0.2, 0) is 26.5 Å². The Morgan fingerprint density at radius 3 is 1.91 bits per heavy atom. The Balaban J connectivity index is 0.00000456. The van der Waals surface area contributed by atoms with Crippen LogP contribution in [0.4, 0.5) is 17.1 Å². The molecule has 0 aliphatic carbocycles. The predicted molar refractivity (Wildman–Crippen MR) is 270 cm³/mol. The van der Waals surface area contributed by atoms with Gasteiger partial charge in [-0.25, -0.2) is 4.98 Å². The van der Waals surface area contributed by atoms with Crippen molar-refractivity contribution in [1.29, 1.82) is 0 Å². The molecule has 316 valence electrons. The summed E-state index contributed by atoms with van der Waals surface area (Å²) in [5.74, 6) is 0.854. The Labute approximate surface area is 398 Å². The largest absolute Gasteiger partial charge is 2.00 e. The Morgan fingerprint density at radius 2 is 1.17 bits per heavy atom. The van der Waals surface area contributed by atoms with Gasteiger partial charge in [-0.05, 0) is 80.8 Å². The summed E-state index contributed by atoms with van der Waals surface area (Å²) in [5.41, 5.74) is 9.87. The third-order valence-corrected chi connectivity index (χ3v) is 18.5. The van der Waals surface area contributed by atoms with Gasteiger partial charge < -0.3 is 13.9 Å². The average molecular weight is 1040 g/mol. The minimum atomic E-state index is -3.19. The first-order valence-electron chi connectivity index (χ1n) is 22.3. The molecule has 0 radical (unpaired) electrons. The Bertz CT molecular complexity index is 3770. The van der Waals surface area contributed by atoms with Crippen molar-refractivity contribution in [2.24, 2.45) is 0 Å². The second-order valence-electron chi connectivity index (χ2n) is 17.6. The average Bonchev–Trinajstić information content (AvgIpc) is 4.00. The fourth-order valence-corrected chi connectivity index (χ4v) is 15.7. The first-order valence-corrected chi connectivity index (χ1v) is 24.3. The van der Waals surface area contributed by atoms with Crippen molar-refractivity contribution >= 4 is 95.0 Å². The van der Waals surface area contributed by atoms with Crippen molar-refractivity contribution in [2.75, 3.05) is 4.90 Å². The maximum Gasteiger partial charge on any atom is 2.00 e. The quantitative estimate of drug-likeness (QED) is 0.0721. The number of anilines is 3. The standard InChI is InChI=1S/C59H41N5Si.Pt/c1-59(2)49-25-13-15-27-51(49)63(40-18-6-3-7-19-40)53-34-33-52-56(57(53)59)47-32-30-44(39-54(47)64(52)55-28-16-17-35-60-55)65(41-20-8-4-9-21-41,42-22-10-5-11-23-42)43-29-31-45-46-24-12-14-26-50(46)62-37-36-61-58(62)48(45)38-43;/h3-37H,1-2H3;/q-2;+2. The van der Waals surface area contributed by atoms with Gasteiger partial charge in [-0.15, -0.1) is 34.2 Å². The van der Waals surface area contributed by atoms with E-state index < -0.39 is 8.07 Å². The van der Waals surface area contributed by atoms with Crippen molar-refractivity contribution in [1.82, 2.24) is 18.9 Å². The maximum atomic E-state index is 5.05. The van der Waals surface area contributed by atoms with E-state index in [1.807, 2.05) is 18.5 Å². The molecule has 0 amide bonds. The molecule has 1 aliphatic rings. The van der Waals surface area contributed by atoms with Gasteiger partial charge in [0.05, 0.1) is 11.3 Å². The van der Waals surface area contributed by atoms with Gasteiger partial charge in [0.25, 0.3) is 0 Å². The Kier molecular flexibility index (Phi) is 9.35. The number of rotatable bonds is 6. The molecule has 5 nitrogen and oxygen atoms in total. The molecule has 5 heterocycles. The molecular formula is C59H41N5PtSi. The zero-order valence-electron chi connectivity index (χ0n) is 36.3. The maximum absolute atomic E-state index is 5.05. The third kappa shape index (κ3) is 5.68. The Morgan fingerprint density at radius 1 is 0.515 bits per heavy atom. The molecule has 4 aromatic heterocycles. The van der Waals surface area contributed by atoms with Crippen LogP contribution in [0.15, 0.2) is 213 Å². The number of pyridine rings is 2. The second kappa shape index (κ2) is 15.4. The summed E-state index contributed by atoms with van der Waals surface area (Å²) in [6.07, 6.45) is 5.85. The van der Waals surface area contributed by atoms with Crippen LogP contribution in [0, 0.1) is 12.1 Å². The van der Waals surface area contributed by atoms with Gasteiger partial charge in [0.15, 0.2) is 0 Å². The molecule has 0 unspecified atom stereocenters. The number of imidazole rings is 1. The Hall–Kier alpha value is -7.37. The summed E-state index contributed by atoms with van der Waals surface area (Å²) < 4.78 is 4.55. The van der Waals surface area contributed by atoms with Gasteiger partial charge >= 0.3 is 21.1 Å². The summed E-state index contributed by atoms with van der Waals surface area (Å²) in [6, 6.07) is 79.0. The number of hydrogen-bond acceptors (Lipinski definition) is 3. The van der Waals surface area contributed by atoms with Crippen LogP contribution in [0.5, 0.6) is 0 Å². The van der Waals surface area contributed by atoms with Crippen LogP contribution in [-0.4, -0.2) is 27.0 Å². The number of para-hydroxylation sites is 3. The minimum absolute atomic E-state index is 0. The zero-order chi connectivity index (χ0) is 43.3. The smallest absolute Gasteiger partial charge is 0.340 e. The molecule has 0 atom stereocenters. The van der Waals surface area contributed by atoms with E-state index in [1.54, 1.807) is 0 Å². The molecule has 8 aromatic carbocycles. The molecule has 0 N–H and O–H groups in total. The summed E-state index contributed by atoms with van der Waals surface area (Å²) in [6.45, 7) is 4.76. The topological polar surface area (TPSA) is 38.4 Å². The van der Waals surface area contributed by atoms with E-state index in [4.69, 9.17) is 9.97 Å². The molecular weight excluding hydrogens is 1000 g/mol. The number of benzene rings is 8. The molecule has 7 heteroatoms. The van der Waals surface area contributed by atoms with Gasteiger partial charge in [0.1, 0.15) is 13.9 Å². The summed E-state index contributed by atoms with van der Waals surface area (Å²) in [5, 5.41) is 10.5. The van der Waals surface area contributed by atoms with Crippen molar-refractivity contribution < 1.29 is 21.1 Å². The van der Waals surface area contributed by atoms with Crippen LogP contribution in [0.3, 0.4) is 0 Å². The van der Waals surface area contributed by atoms with Crippen molar-refractivity contribution in [2.45, 2.75) is 19.3 Å². The predicted octanol–water partition coefficient (Wildman–Crippen LogP) is 11.2. The summed E-state index contributed by atoms with van der Waals surface area (Å²) in [7, 11) is -3.19. The molecule has 12 aromatic rings. The first-order chi connectivity index (χ1) is 32.0. The fraction of sp³-hybridized carbons (Fsp3) is 0.0508. The van der Waals surface area contributed by atoms with Gasteiger partial charge in [0, 0.05) is 46.4 Å². The zero-order valence-corrected chi connectivity index (χ0v) is 39.5. The van der Waals surface area contributed by atoms with Crippen molar-refractivity contribution in [3.05, 3.63) is 236 Å². The number of hydrogen-bond donors (Lipinski definition) is 0.